The number of carbonyl (C=O) groups excluding carboxylic acids is 1. The van der Waals surface area contributed by atoms with E-state index in [4.69, 9.17) is 4.74 Å². The Labute approximate surface area is 143 Å². The van der Waals surface area contributed by atoms with Gasteiger partial charge in [-0.15, -0.1) is 0 Å². The minimum Gasteiger partial charge on any atom is -0.463 e. The highest BCUT2D eigenvalue weighted by Crippen LogP contribution is 2.09. The molecule has 0 aromatic rings. The number of esters is 1. The van der Waals surface area contributed by atoms with Crippen molar-refractivity contribution >= 4 is 5.97 Å². The number of ether oxygens (including phenoxy) is 1. The Morgan fingerprint density at radius 2 is 1.39 bits per heavy atom. The fraction of sp³-hybridized carbons (Fsp3) is 0.667. The first-order valence-electron chi connectivity index (χ1n) is 9.31. The van der Waals surface area contributed by atoms with Crippen LogP contribution in [0.15, 0.2) is 36.5 Å². The summed E-state index contributed by atoms with van der Waals surface area (Å²) in [5, 5.41) is 0. The maximum absolute atomic E-state index is 11.3. The molecule has 0 saturated carbocycles. The van der Waals surface area contributed by atoms with E-state index in [1.807, 2.05) is 13.8 Å². The lowest BCUT2D eigenvalue weighted by atomic mass is 10.1. The summed E-state index contributed by atoms with van der Waals surface area (Å²) in [4.78, 5) is 11.3. The lowest BCUT2D eigenvalue weighted by Gasteiger charge is -2.07. The molecule has 0 aromatic heterocycles. The highest BCUT2D eigenvalue weighted by molar-refractivity contribution is 5.69. The van der Waals surface area contributed by atoms with E-state index in [9.17, 15) is 4.79 Å². The zero-order valence-electron chi connectivity index (χ0n) is 15.4. The molecular formula is C21H36O2. The van der Waals surface area contributed by atoms with Crippen molar-refractivity contribution in [2.45, 2.75) is 91.1 Å². The van der Waals surface area contributed by atoms with Crippen molar-refractivity contribution in [3.63, 3.8) is 0 Å². The molecule has 2 nitrogen and oxygen atoms in total. The van der Waals surface area contributed by atoms with E-state index < -0.39 is 0 Å². The van der Waals surface area contributed by atoms with Crippen molar-refractivity contribution in [1.82, 2.24) is 0 Å². The van der Waals surface area contributed by atoms with Crippen LogP contribution in [0.5, 0.6) is 0 Å². The predicted octanol–water partition coefficient (Wildman–Crippen LogP) is 6.53. The number of hydrogen-bond donors (Lipinski definition) is 0. The van der Waals surface area contributed by atoms with Gasteiger partial charge >= 0.3 is 5.97 Å². The molecule has 0 fully saturated rings. The van der Waals surface area contributed by atoms with Crippen molar-refractivity contribution in [3.8, 4) is 0 Å². The molecule has 0 rings (SSSR count). The van der Waals surface area contributed by atoms with Gasteiger partial charge in [0.05, 0.1) is 6.10 Å². The van der Waals surface area contributed by atoms with Crippen LogP contribution < -0.4 is 0 Å². The number of carbonyl (C=O) groups is 1. The largest absolute Gasteiger partial charge is 0.463 e. The normalized spacial score (nSPS) is 12.2. The monoisotopic (exact) mass is 320 g/mol. The zero-order valence-corrected chi connectivity index (χ0v) is 15.4. The van der Waals surface area contributed by atoms with E-state index in [1.165, 1.54) is 25.7 Å². The Hall–Kier alpha value is -1.31. The molecule has 0 unspecified atom stereocenters. The molecule has 0 aliphatic rings. The summed E-state index contributed by atoms with van der Waals surface area (Å²) in [6, 6.07) is 0. The van der Waals surface area contributed by atoms with Gasteiger partial charge in [-0.3, -0.25) is 4.79 Å². The standard InChI is InChI=1S/C21H36O2/c1-4-5-6-7-8-9-10-11-12-13-14-15-16-17-18-19-21(22)23-20(2)3/h5-6,8-9,11-12,20H,4,7,10,13-19H2,1-3H3/b6-5+,9-8+,12-11+. The third-order valence-electron chi connectivity index (χ3n) is 3.40. The molecule has 0 N–H and O–H groups in total. The van der Waals surface area contributed by atoms with Gasteiger partial charge in [-0.05, 0) is 52.4 Å². The minimum atomic E-state index is -0.0545. The lowest BCUT2D eigenvalue weighted by molar-refractivity contribution is -0.147. The molecule has 0 radical (unpaired) electrons. The van der Waals surface area contributed by atoms with Crippen LogP contribution in [0.1, 0.15) is 85.0 Å². The molecule has 0 bridgehead atoms. The summed E-state index contributed by atoms with van der Waals surface area (Å²) in [6.45, 7) is 5.94. The Bertz CT molecular complexity index is 351. The molecule has 132 valence electrons. The van der Waals surface area contributed by atoms with Crippen LogP contribution in [0.3, 0.4) is 0 Å². The summed E-state index contributed by atoms with van der Waals surface area (Å²) in [7, 11) is 0. The Kier molecular flexibility index (Phi) is 16.1. The van der Waals surface area contributed by atoms with E-state index in [1.54, 1.807) is 0 Å². The summed E-state index contributed by atoms with van der Waals surface area (Å²) in [5.41, 5.74) is 0. The van der Waals surface area contributed by atoms with Crippen LogP contribution in [0, 0.1) is 0 Å². The number of unbranched alkanes of at least 4 members (excludes halogenated alkanes) is 5. The molecule has 0 spiro atoms. The van der Waals surface area contributed by atoms with Crippen LogP contribution in [0.2, 0.25) is 0 Å². The highest BCUT2D eigenvalue weighted by Gasteiger charge is 2.04. The maximum Gasteiger partial charge on any atom is 0.306 e. The summed E-state index contributed by atoms with van der Waals surface area (Å²) < 4.78 is 5.11. The second-order valence-electron chi connectivity index (χ2n) is 6.14. The quantitative estimate of drug-likeness (QED) is 0.207. The Morgan fingerprint density at radius 1 is 0.826 bits per heavy atom. The van der Waals surface area contributed by atoms with Crippen molar-refractivity contribution in [3.05, 3.63) is 36.5 Å². The molecule has 23 heavy (non-hydrogen) atoms. The van der Waals surface area contributed by atoms with Crippen LogP contribution in [-0.2, 0) is 9.53 Å². The molecule has 0 aliphatic heterocycles. The second kappa shape index (κ2) is 17.1. The van der Waals surface area contributed by atoms with E-state index in [2.05, 4.69) is 43.4 Å². The number of rotatable bonds is 14. The van der Waals surface area contributed by atoms with Gasteiger partial charge in [-0.1, -0.05) is 62.6 Å². The summed E-state index contributed by atoms with van der Waals surface area (Å²) in [5.74, 6) is -0.0545. The van der Waals surface area contributed by atoms with E-state index in [-0.39, 0.29) is 12.1 Å². The van der Waals surface area contributed by atoms with Gasteiger partial charge < -0.3 is 4.74 Å². The third-order valence-corrected chi connectivity index (χ3v) is 3.40. The average molecular weight is 321 g/mol. The Balaban J connectivity index is 3.31. The average Bonchev–Trinajstić information content (AvgIpc) is 2.50. The molecule has 0 amide bonds. The van der Waals surface area contributed by atoms with Crippen molar-refractivity contribution in [1.29, 1.82) is 0 Å². The second-order valence-corrected chi connectivity index (χ2v) is 6.14. The first-order chi connectivity index (χ1) is 11.2. The lowest BCUT2D eigenvalue weighted by Crippen LogP contribution is -2.10. The molecule has 0 saturated heterocycles. The van der Waals surface area contributed by atoms with Gasteiger partial charge in [0.2, 0.25) is 0 Å². The molecule has 0 aliphatic carbocycles. The molecule has 0 heterocycles. The van der Waals surface area contributed by atoms with Gasteiger partial charge in [0.15, 0.2) is 0 Å². The van der Waals surface area contributed by atoms with Gasteiger partial charge in [-0.2, -0.15) is 0 Å². The predicted molar refractivity (Wildman–Crippen MR) is 100 cm³/mol. The first-order valence-corrected chi connectivity index (χ1v) is 9.31. The van der Waals surface area contributed by atoms with Crippen LogP contribution >= 0.6 is 0 Å². The van der Waals surface area contributed by atoms with Crippen LogP contribution in [0.4, 0.5) is 0 Å². The van der Waals surface area contributed by atoms with Crippen molar-refractivity contribution in [2.75, 3.05) is 0 Å². The summed E-state index contributed by atoms with van der Waals surface area (Å²) >= 11 is 0. The summed E-state index contributed by atoms with van der Waals surface area (Å²) in [6.07, 6.45) is 24.2. The topological polar surface area (TPSA) is 26.3 Å². The highest BCUT2D eigenvalue weighted by atomic mass is 16.5. The number of allylic oxidation sites excluding steroid dienone is 6. The SMILES string of the molecule is CC/C=C/C/C=C/C/C=C/CCCCCCCC(=O)OC(C)C. The van der Waals surface area contributed by atoms with E-state index in [0.717, 1.165) is 32.1 Å². The van der Waals surface area contributed by atoms with Crippen molar-refractivity contribution < 1.29 is 9.53 Å². The van der Waals surface area contributed by atoms with Gasteiger partial charge in [0.25, 0.3) is 0 Å². The number of hydrogen-bond acceptors (Lipinski definition) is 2. The van der Waals surface area contributed by atoms with Crippen LogP contribution in [0.25, 0.3) is 0 Å². The first kappa shape index (κ1) is 21.7. The fourth-order valence-corrected chi connectivity index (χ4v) is 2.21. The Morgan fingerprint density at radius 3 is 2.04 bits per heavy atom. The molecule has 0 aromatic carbocycles. The maximum atomic E-state index is 11.3. The van der Waals surface area contributed by atoms with E-state index in [0.29, 0.717) is 6.42 Å². The van der Waals surface area contributed by atoms with Crippen molar-refractivity contribution in [2.24, 2.45) is 0 Å². The van der Waals surface area contributed by atoms with Crippen LogP contribution in [-0.4, -0.2) is 12.1 Å². The van der Waals surface area contributed by atoms with Gasteiger partial charge in [0, 0.05) is 6.42 Å². The molecular weight excluding hydrogens is 284 g/mol. The van der Waals surface area contributed by atoms with E-state index >= 15 is 0 Å². The zero-order chi connectivity index (χ0) is 17.2. The molecule has 2 heteroatoms. The van der Waals surface area contributed by atoms with Gasteiger partial charge in [0.1, 0.15) is 0 Å². The minimum absolute atomic E-state index is 0.0111. The smallest absolute Gasteiger partial charge is 0.306 e. The van der Waals surface area contributed by atoms with Gasteiger partial charge in [-0.25, -0.2) is 0 Å². The third kappa shape index (κ3) is 18.6. The molecule has 0 atom stereocenters. The fourth-order valence-electron chi connectivity index (χ4n) is 2.21.